The van der Waals surface area contributed by atoms with Gasteiger partial charge in [-0.2, -0.15) is 9.36 Å². The monoisotopic (exact) mass is 503 g/mol. The van der Waals surface area contributed by atoms with E-state index in [1.807, 2.05) is 22.8 Å². The molecule has 1 unspecified atom stereocenters. The van der Waals surface area contributed by atoms with Crippen LogP contribution in [0.15, 0.2) is 47.0 Å². The van der Waals surface area contributed by atoms with Crippen LogP contribution in [-0.4, -0.2) is 61.0 Å². The Kier molecular flexibility index (Phi) is 6.79. The first kappa shape index (κ1) is 23.6. The average molecular weight is 504 g/mol. The van der Waals surface area contributed by atoms with Gasteiger partial charge in [-0.1, -0.05) is 11.2 Å². The van der Waals surface area contributed by atoms with Gasteiger partial charge in [0.05, 0.1) is 11.7 Å². The summed E-state index contributed by atoms with van der Waals surface area (Å²) in [6.07, 6.45) is 3.29. The molecule has 178 valence electrons. The van der Waals surface area contributed by atoms with Gasteiger partial charge in [0.25, 0.3) is 11.8 Å². The maximum atomic E-state index is 12.9. The number of anilines is 1. The average Bonchev–Trinajstić information content (AvgIpc) is 3.23. The largest absolute Gasteiger partial charge is 0.543 e. The first-order valence-electron chi connectivity index (χ1n) is 10.2. The number of thioether (sulfide) groups is 1. The van der Waals surface area contributed by atoms with Crippen LogP contribution in [0.5, 0.6) is 0 Å². The number of carbonyl (C=O) groups is 3. The molecule has 1 fully saturated rings. The smallest absolute Gasteiger partial charge is 0.278 e. The number of rotatable bonds is 8. The van der Waals surface area contributed by atoms with Crippen molar-refractivity contribution in [3.05, 3.63) is 47.7 Å². The molecule has 34 heavy (non-hydrogen) atoms. The molecule has 12 nitrogen and oxygen atoms in total. The second-order valence-corrected chi connectivity index (χ2v) is 9.59. The molecular weight excluding hydrogens is 482 g/mol. The number of pyridine rings is 1. The van der Waals surface area contributed by atoms with Crippen LogP contribution in [0, 0.1) is 0 Å². The van der Waals surface area contributed by atoms with Gasteiger partial charge in [-0.05, 0) is 13.8 Å². The van der Waals surface area contributed by atoms with Gasteiger partial charge in [-0.3, -0.25) is 14.5 Å². The number of nitrogens with two attached hydrogens (primary N) is 1. The number of oxime groups is 1. The van der Waals surface area contributed by atoms with E-state index >= 15 is 0 Å². The van der Waals surface area contributed by atoms with Crippen molar-refractivity contribution in [3.8, 4) is 0 Å². The van der Waals surface area contributed by atoms with Crippen LogP contribution in [0.2, 0.25) is 0 Å². The molecule has 2 atom stereocenters. The molecule has 2 aliphatic rings. The third kappa shape index (κ3) is 4.72. The number of nitrogen functional groups attached to an aromatic ring is 1. The zero-order chi connectivity index (χ0) is 24.4. The van der Waals surface area contributed by atoms with E-state index in [0.29, 0.717) is 17.9 Å². The van der Waals surface area contributed by atoms with Crippen LogP contribution in [0.25, 0.3) is 0 Å². The molecule has 0 spiro atoms. The van der Waals surface area contributed by atoms with Gasteiger partial charge >= 0.3 is 0 Å². The summed E-state index contributed by atoms with van der Waals surface area (Å²) in [6, 6.07) is 4.54. The summed E-state index contributed by atoms with van der Waals surface area (Å²) in [5, 5.41) is 17.9. The van der Waals surface area contributed by atoms with Crippen LogP contribution in [0.4, 0.5) is 5.13 Å². The van der Waals surface area contributed by atoms with Gasteiger partial charge in [-0.15, -0.1) is 11.8 Å². The minimum absolute atomic E-state index is 0.0296. The Bertz CT molecular complexity index is 1180. The summed E-state index contributed by atoms with van der Waals surface area (Å²) in [7, 11) is 0. The number of fused-ring (bicyclic) bond motifs is 1. The minimum Gasteiger partial charge on any atom is -0.543 e. The van der Waals surface area contributed by atoms with E-state index in [4.69, 9.17) is 10.6 Å². The minimum atomic E-state index is -1.44. The van der Waals surface area contributed by atoms with E-state index in [9.17, 15) is 19.5 Å². The van der Waals surface area contributed by atoms with Crippen molar-refractivity contribution in [2.45, 2.75) is 37.9 Å². The van der Waals surface area contributed by atoms with Crippen molar-refractivity contribution in [2.75, 3.05) is 11.5 Å². The highest BCUT2D eigenvalue weighted by atomic mass is 32.2. The highest BCUT2D eigenvalue weighted by Gasteiger charge is 2.53. The number of aromatic nitrogens is 3. The molecule has 0 bridgehead atoms. The van der Waals surface area contributed by atoms with E-state index in [1.165, 1.54) is 11.8 Å². The Balaban J connectivity index is 1.53. The number of β-lactam (4-membered cyclic amide) rings is 1. The Labute approximate surface area is 202 Å². The van der Waals surface area contributed by atoms with Crippen LogP contribution in [0.3, 0.4) is 0 Å². The SMILES string of the molecule is CC(C)O/N=C(\C(=O)NC1C(=O)N2C(C(=O)[O-])=C(C[n+]3ccccc3)CS[C@H]12)c1nsc(N)n1. The Morgan fingerprint density at radius 3 is 2.74 bits per heavy atom. The zero-order valence-electron chi connectivity index (χ0n) is 18.2. The molecule has 2 aromatic heterocycles. The van der Waals surface area contributed by atoms with Gasteiger partial charge in [-0.25, -0.2) is 4.57 Å². The predicted octanol–water partition coefficient (Wildman–Crippen LogP) is -1.36. The van der Waals surface area contributed by atoms with E-state index in [-0.39, 0.29) is 28.5 Å². The Morgan fingerprint density at radius 2 is 2.12 bits per heavy atom. The molecule has 3 N–H and O–H groups in total. The summed E-state index contributed by atoms with van der Waals surface area (Å²) in [5.74, 6) is -2.41. The first-order valence-corrected chi connectivity index (χ1v) is 12.0. The normalized spacial score (nSPS) is 20.1. The molecule has 2 amide bonds. The molecule has 4 rings (SSSR count). The quantitative estimate of drug-likeness (QED) is 0.191. The second kappa shape index (κ2) is 9.77. The van der Waals surface area contributed by atoms with E-state index in [0.717, 1.165) is 16.4 Å². The lowest BCUT2D eigenvalue weighted by molar-refractivity contribution is -0.689. The van der Waals surface area contributed by atoms with Crippen LogP contribution < -0.4 is 20.7 Å². The zero-order valence-corrected chi connectivity index (χ0v) is 19.8. The second-order valence-electron chi connectivity index (χ2n) is 7.70. The van der Waals surface area contributed by atoms with Gasteiger partial charge < -0.3 is 25.8 Å². The highest BCUT2D eigenvalue weighted by Crippen LogP contribution is 2.40. The number of hydrogen-bond donors (Lipinski definition) is 2. The van der Waals surface area contributed by atoms with Crippen LogP contribution in [0.1, 0.15) is 19.7 Å². The number of nitrogens with zero attached hydrogens (tertiary/aromatic N) is 5. The lowest BCUT2D eigenvalue weighted by Crippen LogP contribution is -2.71. The Hall–Kier alpha value is -3.52. The third-order valence-corrected chi connectivity index (χ3v) is 6.78. The summed E-state index contributed by atoms with van der Waals surface area (Å²) in [6.45, 7) is 3.75. The predicted molar refractivity (Wildman–Crippen MR) is 121 cm³/mol. The number of carboxylic acid groups (broad SMARTS) is 1. The van der Waals surface area contributed by atoms with E-state index in [2.05, 4.69) is 19.8 Å². The van der Waals surface area contributed by atoms with Crippen LogP contribution in [-0.2, 0) is 25.8 Å². The molecule has 0 saturated carbocycles. The number of carbonyl (C=O) groups excluding carboxylic acids is 3. The number of amides is 2. The van der Waals surface area contributed by atoms with Crippen molar-refractivity contribution < 1.29 is 28.9 Å². The Morgan fingerprint density at radius 1 is 1.38 bits per heavy atom. The van der Waals surface area contributed by atoms with Crippen molar-refractivity contribution in [3.63, 3.8) is 0 Å². The van der Waals surface area contributed by atoms with Gasteiger partial charge in [0, 0.05) is 35.0 Å². The van der Waals surface area contributed by atoms with Crippen molar-refractivity contribution in [1.29, 1.82) is 0 Å². The lowest BCUT2D eigenvalue weighted by Gasteiger charge is -2.50. The lowest BCUT2D eigenvalue weighted by atomic mass is 10.0. The third-order valence-electron chi connectivity index (χ3n) is 4.90. The summed E-state index contributed by atoms with van der Waals surface area (Å²) >= 11 is 2.24. The molecule has 0 radical (unpaired) electrons. The number of carboxylic acids is 1. The summed E-state index contributed by atoms with van der Waals surface area (Å²) in [4.78, 5) is 48.1. The fourth-order valence-corrected chi connectivity index (χ4v) is 5.21. The van der Waals surface area contributed by atoms with Crippen molar-refractivity contribution in [2.24, 2.45) is 5.16 Å². The molecule has 1 saturated heterocycles. The van der Waals surface area contributed by atoms with Gasteiger partial charge in [0.2, 0.25) is 11.5 Å². The maximum absolute atomic E-state index is 12.9. The van der Waals surface area contributed by atoms with E-state index in [1.54, 1.807) is 26.2 Å². The molecule has 0 aromatic carbocycles. The molecule has 0 aliphatic carbocycles. The fourth-order valence-electron chi connectivity index (χ4n) is 3.44. The highest BCUT2D eigenvalue weighted by molar-refractivity contribution is 8.00. The fraction of sp³-hybridized carbons (Fsp3) is 0.350. The summed E-state index contributed by atoms with van der Waals surface area (Å²) in [5.41, 5.74) is 5.77. The van der Waals surface area contributed by atoms with Crippen molar-refractivity contribution in [1.82, 2.24) is 19.6 Å². The van der Waals surface area contributed by atoms with Crippen LogP contribution >= 0.6 is 23.3 Å². The number of nitrogens with one attached hydrogen (secondary N) is 1. The number of aliphatic carboxylic acids is 1. The maximum Gasteiger partial charge on any atom is 0.278 e. The molecule has 14 heteroatoms. The van der Waals surface area contributed by atoms with Gasteiger partial charge in [0.1, 0.15) is 17.5 Å². The standard InChI is InChI=1S/C20H21N7O5S2/c1-10(2)32-24-12(15-23-20(21)34-25-15)16(28)22-13-17(29)27-14(19(30)31)11(9-33-18(13)27)8-26-6-4-3-5-7-26/h3-7,10,13,18H,8-9H2,1-2H3,(H3-,21,22,23,25,28,30,31)/b24-12-/t13?,18-/m1/s1. The first-order chi connectivity index (χ1) is 16.3. The number of hydrogen-bond acceptors (Lipinski definition) is 11. The molecule has 4 heterocycles. The summed E-state index contributed by atoms with van der Waals surface area (Å²) < 4.78 is 5.80. The molecule has 2 aromatic rings. The van der Waals surface area contributed by atoms with Gasteiger partial charge in [0.15, 0.2) is 24.1 Å². The van der Waals surface area contributed by atoms with E-state index < -0.39 is 29.2 Å². The molecular formula is C20H21N7O5S2. The van der Waals surface area contributed by atoms with Crippen molar-refractivity contribution >= 4 is 51.9 Å². The molecule has 2 aliphatic heterocycles. The topological polar surface area (TPSA) is 167 Å².